The molecule has 0 spiro atoms. The van der Waals surface area contributed by atoms with Gasteiger partial charge in [-0.25, -0.2) is 30.7 Å². The van der Waals surface area contributed by atoms with Crippen molar-refractivity contribution < 1.29 is 21.2 Å². The van der Waals surface area contributed by atoms with Gasteiger partial charge in [0, 0.05) is 18.2 Å². The van der Waals surface area contributed by atoms with Gasteiger partial charge in [-0.15, -0.1) is 0 Å². The second-order valence-electron chi connectivity index (χ2n) is 11.5. The number of halogens is 1. The van der Waals surface area contributed by atoms with Crippen molar-refractivity contribution in [3.63, 3.8) is 0 Å². The van der Waals surface area contributed by atoms with Gasteiger partial charge >= 0.3 is 0 Å². The van der Waals surface area contributed by atoms with E-state index in [0.717, 1.165) is 25.7 Å². The molecule has 0 amide bonds. The molecule has 4 aromatic rings. The zero-order valence-electron chi connectivity index (χ0n) is 26.1. The molecule has 5 N–H and O–H groups in total. The minimum absolute atomic E-state index is 0.00790. The number of anilines is 4. The van der Waals surface area contributed by atoms with Gasteiger partial charge in [-0.3, -0.25) is 10.9 Å². The highest BCUT2D eigenvalue weighted by atomic mass is 32.2. The van der Waals surface area contributed by atoms with E-state index < -0.39 is 25.9 Å². The van der Waals surface area contributed by atoms with Crippen molar-refractivity contribution in [1.82, 2.24) is 19.4 Å². The maximum absolute atomic E-state index is 14.4. The quantitative estimate of drug-likeness (QED) is 0.0907. The predicted octanol–water partition coefficient (Wildman–Crippen LogP) is 4.91. The number of nitrogens with zero attached hydrogens (tertiary/aromatic N) is 4. The molecule has 3 aromatic carbocycles. The number of hydrogen-bond acceptors (Lipinski definition) is 11. The number of aromatic nitrogens is 2. The lowest BCUT2D eigenvalue weighted by Crippen LogP contribution is -2.25. The van der Waals surface area contributed by atoms with Gasteiger partial charge in [0.25, 0.3) is 0 Å². The van der Waals surface area contributed by atoms with E-state index in [9.17, 15) is 21.2 Å². The fourth-order valence-corrected chi connectivity index (χ4v) is 7.05. The molecule has 0 saturated heterocycles. The van der Waals surface area contributed by atoms with Crippen LogP contribution in [0.2, 0.25) is 0 Å². The van der Waals surface area contributed by atoms with Crippen molar-refractivity contribution in [2.45, 2.75) is 61.4 Å². The van der Waals surface area contributed by atoms with Crippen LogP contribution in [0.1, 0.15) is 50.7 Å². The SMILES string of the molecule is CC(=NNc1cc(NN=C(C)c2ccc(S(=O)(=O)NC3CC3)cc2)nc(Nc2ccccc2F)n1)c1ccc(S(=O)(=O)NC2CC2)cc1. The van der Waals surface area contributed by atoms with E-state index in [1.165, 1.54) is 30.3 Å². The van der Waals surface area contributed by atoms with Gasteiger partial charge < -0.3 is 5.32 Å². The van der Waals surface area contributed by atoms with Crippen molar-refractivity contribution in [3.8, 4) is 0 Å². The molecule has 0 radical (unpaired) electrons. The Bertz CT molecular complexity index is 1960. The third-order valence-electron chi connectivity index (χ3n) is 7.49. The summed E-state index contributed by atoms with van der Waals surface area (Å²) >= 11 is 0. The lowest BCUT2D eigenvalue weighted by atomic mass is 10.1. The molecule has 13 nitrogen and oxygen atoms in total. The van der Waals surface area contributed by atoms with Crippen LogP contribution >= 0.6 is 0 Å². The Labute approximate surface area is 278 Å². The third-order valence-corrected chi connectivity index (χ3v) is 10.6. The standard InChI is InChI=1S/C32H34FN9O4S2/c1-20(22-7-15-26(16-8-22)47(43,44)41-24-11-12-24)37-39-30-19-31(36-32(35-30)34-29-6-4-3-5-28(29)33)40-38-21(2)23-9-17-27(18-10-23)48(45,46)42-25-13-14-25/h3-10,15-19,24-25,41-42H,11-14H2,1-2H3,(H3,34,35,36,39,40). The minimum Gasteiger partial charge on any atom is -0.322 e. The molecule has 1 aromatic heterocycles. The van der Waals surface area contributed by atoms with Gasteiger partial charge in [0.05, 0.1) is 26.9 Å². The van der Waals surface area contributed by atoms with Crippen molar-refractivity contribution in [3.05, 3.63) is 95.8 Å². The summed E-state index contributed by atoms with van der Waals surface area (Å²) in [5, 5.41) is 11.7. The van der Waals surface area contributed by atoms with Crippen LogP contribution in [-0.2, 0) is 20.0 Å². The minimum atomic E-state index is -3.57. The number of sulfonamides is 2. The molecule has 0 atom stereocenters. The van der Waals surface area contributed by atoms with Gasteiger partial charge in [0.15, 0.2) is 11.6 Å². The highest BCUT2D eigenvalue weighted by Gasteiger charge is 2.28. The zero-order valence-corrected chi connectivity index (χ0v) is 27.7. The average Bonchev–Trinajstić information content (AvgIpc) is 4.02. The molecule has 2 aliphatic rings. The predicted molar refractivity (Wildman–Crippen MR) is 183 cm³/mol. The molecule has 0 unspecified atom stereocenters. The largest absolute Gasteiger partial charge is 0.322 e. The van der Waals surface area contributed by atoms with Gasteiger partial charge in [0.1, 0.15) is 5.82 Å². The Morgan fingerprint density at radius 1 is 0.688 bits per heavy atom. The van der Waals surface area contributed by atoms with Crippen molar-refractivity contribution in [2.24, 2.45) is 10.2 Å². The lowest BCUT2D eigenvalue weighted by Gasteiger charge is -2.11. The molecule has 0 bridgehead atoms. The lowest BCUT2D eigenvalue weighted by molar-refractivity contribution is 0.579. The van der Waals surface area contributed by atoms with Gasteiger partial charge in [-0.2, -0.15) is 20.2 Å². The normalized spacial score (nSPS) is 15.6. The highest BCUT2D eigenvalue weighted by Crippen LogP contribution is 2.24. The molecule has 48 heavy (non-hydrogen) atoms. The summed E-state index contributed by atoms with van der Waals surface area (Å²) in [5.41, 5.74) is 8.41. The van der Waals surface area contributed by atoms with Crippen LogP contribution in [0.3, 0.4) is 0 Å². The smallest absolute Gasteiger partial charge is 0.240 e. The summed E-state index contributed by atoms with van der Waals surface area (Å²) in [6, 6.07) is 20.5. The molecule has 6 rings (SSSR count). The Hall–Kier alpha value is -4.77. The molecule has 2 saturated carbocycles. The van der Waals surface area contributed by atoms with Crippen LogP contribution in [0.4, 0.5) is 27.7 Å². The molecule has 0 aliphatic heterocycles. The van der Waals surface area contributed by atoms with Gasteiger partial charge in [0.2, 0.25) is 26.0 Å². The monoisotopic (exact) mass is 691 g/mol. The van der Waals surface area contributed by atoms with E-state index in [0.29, 0.717) is 22.6 Å². The molecule has 2 fully saturated rings. The summed E-state index contributed by atoms with van der Waals surface area (Å²) < 4.78 is 69.8. The van der Waals surface area contributed by atoms with E-state index in [4.69, 9.17) is 0 Å². The Kier molecular flexibility index (Phi) is 9.50. The van der Waals surface area contributed by atoms with Crippen LogP contribution in [0, 0.1) is 5.82 Å². The van der Waals surface area contributed by atoms with Crippen LogP contribution < -0.4 is 25.6 Å². The fraction of sp³-hybridized carbons (Fsp3) is 0.250. The molecule has 250 valence electrons. The Balaban J connectivity index is 1.20. The molecular formula is C32H34FN9O4S2. The summed E-state index contributed by atoms with van der Waals surface area (Å²) in [6.07, 6.45) is 3.38. The van der Waals surface area contributed by atoms with Crippen LogP contribution in [0.25, 0.3) is 0 Å². The first-order valence-corrected chi connectivity index (χ1v) is 18.2. The molecule has 2 aliphatic carbocycles. The number of hydrazone groups is 2. The number of nitrogens with one attached hydrogen (secondary N) is 5. The zero-order chi connectivity index (χ0) is 33.9. The van der Waals surface area contributed by atoms with Crippen molar-refractivity contribution >= 4 is 54.7 Å². The van der Waals surface area contributed by atoms with Crippen molar-refractivity contribution in [1.29, 1.82) is 0 Å². The van der Waals surface area contributed by atoms with Crippen LogP contribution in [0.5, 0.6) is 0 Å². The number of rotatable bonds is 14. The summed E-state index contributed by atoms with van der Waals surface area (Å²) in [7, 11) is -7.15. The number of hydrogen-bond donors (Lipinski definition) is 5. The molecular weight excluding hydrogens is 658 g/mol. The maximum Gasteiger partial charge on any atom is 0.240 e. The number of para-hydroxylation sites is 1. The summed E-state index contributed by atoms with van der Waals surface area (Å²) in [5.74, 6) is 0.0734. The summed E-state index contributed by atoms with van der Waals surface area (Å²) in [6.45, 7) is 3.51. The van der Waals surface area contributed by atoms with E-state index >= 15 is 0 Å². The molecule has 16 heteroatoms. The van der Waals surface area contributed by atoms with Gasteiger partial charge in [-0.05, 0) is 87.1 Å². The van der Waals surface area contributed by atoms with Gasteiger partial charge in [-0.1, -0.05) is 36.4 Å². The number of benzene rings is 3. The first-order valence-electron chi connectivity index (χ1n) is 15.2. The highest BCUT2D eigenvalue weighted by molar-refractivity contribution is 7.89. The van der Waals surface area contributed by atoms with E-state index in [1.807, 2.05) is 0 Å². The second kappa shape index (κ2) is 13.8. The average molecular weight is 692 g/mol. The first kappa shape index (κ1) is 33.1. The van der Waals surface area contributed by atoms with Crippen LogP contribution in [-0.4, -0.2) is 50.3 Å². The van der Waals surface area contributed by atoms with E-state index in [-0.39, 0.29) is 45.1 Å². The van der Waals surface area contributed by atoms with E-state index in [1.54, 1.807) is 62.4 Å². The van der Waals surface area contributed by atoms with Crippen molar-refractivity contribution in [2.75, 3.05) is 16.2 Å². The first-order chi connectivity index (χ1) is 22.9. The third kappa shape index (κ3) is 8.57. The van der Waals surface area contributed by atoms with Crippen LogP contribution in [0.15, 0.2) is 98.9 Å². The molecule has 1 heterocycles. The summed E-state index contributed by atoms with van der Waals surface area (Å²) in [4.78, 5) is 9.18. The topological polar surface area (TPSA) is 179 Å². The Morgan fingerprint density at radius 2 is 1.12 bits per heavy atom. The maximum atomic E-state index is 14.4. The Morgan fingerprint density at radius 3 is 1.54 bits per heavy atom. The fourth-order valence-electron chi connectivity index (χ4n) is 4.44. The second-order valence-corrected chi connectivity index (χ2v) is 15.0. The van der Waals surface area contributed by atoms with E-state index in [2.05, 4.69) is 45.8 Å².